The zero-order chi connectivity index (χ0) is 19.2. The minimum atomic E-state index is -0.803. The monoisotopic (exact) mass is 395 g/mol. The third-order valence-electron chi connectivity index (χ3n) is 3.90. The summed E-state index contributed by atoms with van der Waals surface area (Å²) in [7, 11) is 1.67. The topological polar surface area (TPSA) is 115 Å². The van der Waals surface area contributed by atoms with Gasteiger partial charge in [-0.3, -0.25) is 10.1 Å². The molecule has 3 aromatic rings. The highest BCUT2D eigenvalue weighted by Crippen LogP contribution is 2.41. The van der Waals surface area contributed by atoms with Crippen molar-refractivity contribution in [2.24, 2.45) is 7.05 Å². The SMILES string of the molecule is Cn1c(-c2cc(O)c(O)c([N+](=O)[O-])c2)ccc1-c1c(Cl)c[n+]([O-])cc1Cl. The highest BCUT2D eigenvalue weighted by molar-refractivity contribution is 6.38. The molecule has 0 spiro atoms. The zero-order valence-corrected chi connectivity index (χ0v) is 14.7. The van der Waals surface area contributed by atoms with E-state index in [0.29, 0.717) is 27.2 Å². The van der Waals surface area contributed by atoms with E-state index in [1.54, 1.807) is 23.7 Å². The van der Waals surface area contributed by atoms with E-state index in [-0.39, 0.29) is 10.0 Å². The van der Waals surface area contributed by atoms with E-state index in [9.17, 15) is 25.5 Å². The summed E-state index contributed by atoms with van der Waals surface area (Å²) < 4.78 is 2.14. The van der Waals surface area contributed by atoms with Crippen molar-refractivity contribution in [3.63, 3.8) is 0 Å². The summed E-state index contributed by atoms with van der Waals surface area (Å²) in [4.78, 5) is 10.3. The molecular weight excluding hydrogens is 385 g/mol. The molecule has 3 rings (SSSR count). The van der Waals surface area contributed by atoms with E-state index in [1.165, 1.54) is 6.07 Å². The molecule has 0 aliphatic rings. The number of aromatic hydroxyl groups is 2. The normalized spacial score (nSPS) is 10.9. The van der Waals surface area contributed by atoms with Crippen LogP contribution in [0.15, 0.2) is 36.7 Å². The molecule has 2 N–H and O–H groups in total. The standard InChI is InChI=1S/C16H11Cl2N3O5/c1-19-11(8-4-13(21(25)26)16(23)14(22)5-8)2-3-12(19)15-9(17)6-20(24)7-10(15)18/h2-7,22-23H,1H3. The first-order valence-corrected chi connectivity index (χ1v) is 7.91. The van der Waals surface area contributed by atoms with Gasteiger partial charge in [0.15, 0.2) is 18.1 Å². The van der Waals surface area contributed by atoms with Crippen LogP contribution in [0.1, 0.15) is 0 Å². The van der Waals surface area contributed by atoms with Crippen LogP contribution in [-0.4, -0.2) is 19.7 Å². The van der Waals surface area contributed by atoms with Gasteiger partial charge in [0.2, 0.25) is 5.75 Å². The maximum atomic E-state index is 11.4. The van der Waals surface area contributed by atoms with Gasteiger partial charge in [-0.25, -0.2) is 0 Å². The van der Waals surface area contributed by atoms with Gasteiger partial charge in [0.05, 0.1) is 10.6 Å². The number of hydrogen-bond acceptors (Lipinski definition) is 5. The molecule has 0 saturated carbocycles. The summed E-state index contributed by atoms with van der Waals surface area (Å²) >= 11 is 12.3. The van der Waals surface area contributed by atoms with Crippen molar-refractivity contribution in [2.45, 2.75) is 0 Å². The van der Waals surface area contributed by atoms with Crippen molar-refractivity contribution in [2.75, 3.05) is 0 Å². The predicted molar refractivity (Wildman–Crippen MR) is 95.2 cm³/mol. The maximum Gasteiger partial charge on any atom is 0.315 e. The van der Waals surface area contributed by atoms with Gasteiger partial charge in [-0.1, -0.05) is 23.2 Å². The minimum Gasteiger partial charge on any atom is -0.619 e. The molecule has 26 heavy (non-hydrogen) atoms. The molecule has 0 fully saturated rings. The van der Waals surface area contributed by atoms with Gasteiger partial charge >= 0.3 is 5.69 Å². The largest absolute Gasteiger partial charge is 0.619 e. The summed E-state index contributed by atoms with van der Waals surface area (Å²) in [5.74, 6) is -1.41. The molecule has 10 heteroatoms. The molecule has 0 unspecified atom stereocenters. The van der Waals surface area contributed by atoms with Gasteiger partial charge in [-0.15, -0.1) is 0 Å². The Bertz CT molecular complexity index is 1030. The predicted octanol–water partition coefficient (Wildman–Crippen LogP) is 3.62. The van der Waals surface area contributed by atoms with Gasteiger partial charge in [0.25, 0.3) is 0 Å². The van der Waals surface area contributed by atoms with Crippen molar-refractivity contribution in [3.8, 4) is 34.0 Å². The Hall–Kier alpha value is -2.97. The molecule has 0 bridgehead atoms. The summed E-state index contributed by atoms with van der Waals surface area (Å²) in [5, 5.41) is 42.1. The van der Waals surface area contributed by atoms with Crippen LogP contribution in [0.2, 0.25) is 10.0 Å². The fourth-order valence-electron chi connectivity index (χ4n) is 2.69. The highest BCUT2D eigenvalue weighted by atomic mass is 35.5. The maximum absolute atomic E-state index is 11.4. The molecule has 0 amide bonds. The van der Waals surface area contributed by atoms with Crippen LogP contribution in [0.25, 0.3) is 22.5 Å². The van der Waals surface area contributed by atoms with Crippen molar-refractivity contribution in [3.05, 3.63) is 62.0 Å². The lowest BCUT2D eigenvalue weighted by molar-refractivity contribution is -0.605. The number of nitrogens with zero attached hydrogens (tertiary/aromatic N) is 3. The number of phenolic OH excluding ortho intramolecular Hbond substituents is 2. The molecule has 0 aliphatic heterocycles. The number of aromatic nitrogens is 2. The summed E-state index contributed by atoms with van der Waals surface area (Å²) in [6, 6.07) is 5.68. The van der Waals surface area contributed by atoms with Crippen molar-refractivity contribution in [1.82, 2.24) is 4.57 Å². The number of halogens is 2. The molecule has 134 valence electrons. The molecule has 1 aromatic carbocycles. The van der Waals surface area contributed by atoms with Gasteiger partial charge < -0.3 is 20.0 Å². The van der Waals surface area contributed by atoms with Crippen LogP contribution in [0.5, 0.6) is 11.5 Å². The van der Waals surface area contributed by atoms with Gasteiger partial charge in [-0.2, -0.15) is 4.73 Å². The lowest BCUT2D eigenvalue weighted by Crippen LogP contribution is -2.24. The van der Waals surface area contributed by atoms with Gasteiger partial charge in [-0.05, 0) is 18.2 Å². The first-order valence-electron chi connectivity index (χ1n) is 7.15. The summed E-state index contributed by atoms with van der Waals surface area (Å²) in [6.07, 6.45) is 2.32. The van der Waals surface area contributed by atoms with Crippen LogP contribution in [0, 0.1) is 15.3 Å². The fraction of sp³-hybridized carbons (Fsp3) is 0.0625. The lowest BCUT2D eigenvalue weighted by Gasteiger charge is -2.11. The van der Waals surface area contributed by atoms with E-state index < -0.39 is 22.1 Å². The number of rotatable bonds is 3. The van der Waals surface area contributed by atoms with E-state index >= 15 is 0 Å². The first kappa shape index (κ1) is 17.8. The van der Waals surface area contributed by atoms with Crippen molar-refractivity contribution in [1.29, 1.82) is 0 Å². The Balaban J connectivity index is 2.19. The van der Waals surface area contributed by atoms with Crippen LogP contribution in [0.3, 0.4) is 0 Å². The quantitative estimate of drug-likeness (QED) is 0.231. The molecule has 0 aliphatic carbocycles. The molecule has 2 heterocycles. The Morgan fingerprint density at radius 3 is 2.27 bits per heavy atom. The van der Waals surface area contributed by atoms with Crippen LogP contribution in [0.4, 0.5) is 5.69 Å². The smallest absolute Gasteiger partial charge is 0.315 e. The molecule has 2 aromatic heterocycles. The number of hydrogen-bond donors (Lipinski definition) is 2. The second-order valence-electron chi connectivity index (χ2n) is 5.47. The van der Waals surface area contributed by atoms with Crippen LogP contribution in [-0.2, 0) is 7.05 Å². The molecule has 8 nitrogen and oxygen atoms in total. The molecule has 0 radical (unpaired) electrons. The molecule has 0 atom stereocenters. The minimum absolute atomic E-state index is 0.139. The number of phenols is 2. The number of nitro groups is 1. The molecular formula is C16H11Cl2N3O5. The van der Waals surface area contributed by atoms with Gasteiger partial charge in [0.1, 0.15) is 10.0 Å². The van der Waals surface area contributed by atoms with Crippen molar-refractivity contribution < 1.29 is 19.9 Å². The Kier molecular flexibility index (Phi) is 4.39. The Labute approximate surface area is 156 Å². The number of benzene rings is 1. The van der Waals surface area contributed by atoms with Crippen LogP contribution < -0.4 is 4.73 Å². The Morgan fingerprint density at radius 1 is 1.12 bits per heavy atom. The Morgan fingerprint density at radius 2 is 1.69 bits per heavy atom. The average Bonchev–Trinajstić information content (AvgIpc) is 2.90. The second-order valence-corrected chi connectivity index (χ2v) is 6.29. The summed E-state index contributed by atoms with van der Waals surface area (Å²) in [5.41, 5.74) is 1.18. The molecule has 0 saturated heterocycles. The first-order chi connectivity index (χ1) is 12.2. The van der Waals surface area contributed by atoms with E-state index in [0.717, 1.165) is 18.5 Å². The third kappa shape index (κ3) is 2.89. The number of nitro benzene ring substituents is 1. The van der Waals surface area contributed by atoms with Crippen molar-refractivity contribution >= 4 is 28.9 Å². The lowest BCUT2D eigenvalue weighted by atomic mass is 10.1. The summed E-state index contributed by atoms with van der Waals surface area (Å²) in [6.45, 7) is 0. The zero-order valence-electron chi connectivity index (χ0n) is 13.2. The second kappa shape index (κ2) is 6.40. The van der Waals surface area contributed by atoms with E-state index in [4.69, 9.17) is 23.2 Å². The highest BCUT2D eigenvalue weighted by Gasteiger charge is 2.22. The average molecular weight is 396 g/mol. The van der Waals surface area contributed by atoms with E-state index in [1.807, 2.05) is 0 Å². The third-order valence-corrected chi connectivity index (χ3v) is 4.47. The van der Waals surface area contributed by atoms with Crippen LogP contribution >= 0.6 is 23.2 Å². The number of pyridine rings is 1. The fourth-order valence-corrected chi connectivity index (χ4v) is 3.33. The van der Waals surface area contributed by atoms with Gasteiger partial charge in [0, 0.05) is 29.9 Å². The van der Waals surface area contributed by atoms with E-state index in [2.05, 4.69) is 0 Å².